The van der Waals surface area contributed by atoms with Gasteiger partial charge >= 0.3 is 0 Å². The molecule has 0 aromatic heterocycles. The number of benzene rings is 2. The smallest absolute Gasteiger partial charge is 0.232 e. The van der Waals surface area contributed by atoms with E-state index in [1.54, 1.807) is 6.07 Å². The van der Waals surface area contributed by atoms with Crippen LogP contribution in [0.1, 0.15) is 18.4 Å². The molecule has 0 bridgehead atoms. The third-order valence-corrected chi connectivity index (χ3v) is 5.41. The van der Waals surface area contributed by atoms with Gasteiger partial charge in [0.15, 0.2) is 0 Å². The summed E-state index contributed by atoms with van der Waals surface area (Å²) >= 11 is 0. The van der Waals surface area contributed by atoms with E-state index in [-0.39, 0.29) is 31.0 Å². The van der Waals surface area contributed by atoms with Gasteiger partial charge in [-0.15, -0.1) is 0 Å². The van der Waals surface area contributed by atoms with Gasteiger partial charge in [0.05, 0.1) is 11.9 Å². The fraction of sp³-hybridized carbons (Fsp3) is 0.350. The van der Waals surface area contributed by atoms with E-state index >= 15 is 0 Å². The van der Waals surface area contributed by atoms with Crippen molar-refractivity contribution in [1.29, 1.82) is 0 Å². The van der Waals surface area contributed by atoms with Gasteiger partial charge in [0, 0.05) is 39.3 Å². The van der Waals surface area contributed by atoms with Crippen molar-refractivity contribution >= 4 is 27.3 Å². The predicted octanol–water partition coefficient (Wildman–Crippen LogP) is 2.75. The number of sulfonamides is 1. The maximum Gasteiger partial charge on any atom is 0.232 e. The summed E-state index contributed by atoms with van der Waals surface area (Å²) in [6.45, 7) is 0.431. The van der Waals surface area contributed by atoms with Crippen molar-refractivity contribution in [3.8, 4) is 0 Å². The van der Waals surface area contributed by atoms with Crippen molar-refractivity contribution in [1.82, 2.24) is 5.32 Å². The van der Waals surface area contributed by atoms with Crippen LogP contribution in [0.3, 0.4) is 0 Å². The van der Waals surface area contributed by atoms with Gasteiger partial charge in [0.1, 0.15) is 5.82 Å². The summed E-state index contributed by atoms with van der Waals surface area (Å²) in [7, 11) is 0.265. The standard InChI is InChI=1S/C20H26FN3O3S/c1-23(2)17-12-10-16(11-13-17)15-22-20(25)9-6-14-24(28(3,26)27)19-8-5-4-7-18(19)21/h4-5,7-8,10-13H,6,9,14-15H2,1-3H3,(H,22,25). The van der Waals surface area contributed by atoms with E-state index in [0.717, 1.165) is 21.8 Å². The maximum atomic E-state index is 14.0. The number of amides is 1. The molecular weight excluding hydrogens is 381 g/mol. The van der Waals surface area contributed by atoms with Crippen LogP contribution in [0, 0.1) is 5.82 Å². The van der Waals surface area contributed by atoms with Crippen molar-refractivity contribution in [2.75, 3.05) is 36.1 Å². The van der Waals surface area contributed by atoms with E-state index in [2.05, 4.69) is 5.32 Å². The van der Waals surface area contributed by atoms with Gasteiger partial charge in [0.2, 0.25) is 15.9 Å². The molecule has 28 heavy (non-hydrogen) atoms. The first kappa shape index (κ1) is 21.7. The molecule has 0 aliphatic heterocycles. The van der Waals surface area contributed by atoms with Crippen LogP contribution in [-0.4, -0.2) is 41.2 Å². The van der Waals surface area contributed by atoms with Crippen LogP contribution >= 0.6 is 0 Å². The molecule has 0 radical (unpaired) electrons. The molecule has 1 amide bonds. The topological polar surface area (TPSA) is 69.7 Å². The molecule has 0 atom stereocenters. The maximum absolute atomic E-state index is 14.0. The van der Waals surface area contributed by atoms with E-state index in [9.17, 15) is 17.6 Å². The zero-order valence-corrected chi connectivity index (χ0v) is 17.2. The second kappa shape index (κ2) is 9.54. The van der Waals surface area contributed by atoms with E-state index in [4.69, 9.17) is 0 Å². The Morgan fingerprint density at radius 1 is 1.07 bits per heavy atom. The molecule has 0 unspecified atom stereocenters. The van der Waals surface area contributed by atoms with E-state index in [1.165, 1.54) is 18.2 Å². The Bertz CT molecular complexity index is 899. The summed E-state index contributed by atoms with van der Waals surface area (Å²) in [6.07, 6.45) is 1.46. The minimum absolute atomic E-state index is 0.00797. The Labute approximate surface area is 166 Å². The van der Waals surface area contributed by atoms with Crippen molar-refractivity contribution in [3.05, 3.63) is 59.9 Å². The third-order valence-electron chi connectivity index (χ3n) is 4.23. The molecule has 0 heterocycles. The highest BCUT2D eigenvalue weighted by Gasteiger charge is 2.20. The van der Waals surface area contributed by atoms with Crippen molar-refractivity contribution < 1.29 is 17.6 Å². The molecule has 0 fully saturated rings. The third kappa shape index (κ3) is 6.23. The fourth-order valence-electron chi connectivity index (χ4n) is 2.70. The summed E-state index contributed by atoms with van der Waals surface area (Å²) in [5.41, 5.74) is 2.04. The lowest BCUT2D eigenvalue weighted by Crippen LogP contribution is -2.32. The number of rotatable bonds is 9. The van der Waals surface area contributed by atoms with Crippen molar-refractivity contribution in [3.63, 3.8) is 0 Å². The molecular formula is C20H26FN3O3S. The predicted molar refractivity (Wildman–Crippen MR) is 110 cm³/mol. The second-order valence-corrected chi connectivity index (χ2v) is 8.63. The second-order valence-electron chi connectivity index (χ2n) is 6.73. The van der Waals surface area contributed by atoms with Gasteiger partial charge in [-0.3, -0.25) is 9.10 Å². The number of hydrogen-bond acceptors (Lipinski definition) is 4. The molecule has 1 N–H and O–H groups in total. The average molecular weight is 408 g/mol. The molecule has 152 valence electrons. The minimum atomic E-state index is -3.65. The normalized spacial score (nSPS) is 11.1. The Kier molecular flexibility index (Phi) is 7.39. The summed E-state index contributed by atoms with van der Waals surface area (Å²) in [6, 6.07) is 13.5. The zero-order chi connectivity index (χ0) is 20.7. The minimum Gasteiger partial charge on any atom is -0.378 e. The van der Waals surface area contributed by atoms with Crippen molar-refractivity contribution in [2.24, 2.45) is 0 Å². The monoisotopic (exact) mass is 407 g/mol. The van der Waals surface area contributed by atoms with Gasteiger partial charge < -0.3 is 10.2 Å². The molecule has 8 heteroatoms. The summed E-state index contributed by atoms with van der Waals surface area (Å²) < 4.78 is 39.0. The zero-order valence-electron chi connectivity index (χ0n) is 16.4. The number of para-hydroxylation sites is 1. The first-order valence-corrected chi connectivity index (χ1v) is 10.8. The molecule has 0 saturated carbocycles. The van der Waals surface area contributed by atoms with E-state index in [1.807, 2.05) is 43.3 Å². The van der Waals surface area contributed by atoms with Crippen LogP contribution in [0.15, 0.2) is 48.5 Å². The number of nitrogens with zero attached hydrogens (tertiary/aromatic N) is 2. The number of anilines is 2. The Morgan fingerprint density at radius 3 is 2.29 bits per heavy atom. The lowest BCUT2D eigenvalue weighted by Gasteiger charge is -2.22. The Hall–Kier alpha value is -2.61. The van der Waals surface area contributed by atoms with Crippen LogP contribution in [0.2, 0.25) is 0 Å². The summed E-state index contributed by atoms with van der Waals surface area (Å²) in [5.74, 6) is -0.794. The van der Waals surface area contributed by atoms with Crippen LogP contribution in [0.25, 0.3) is 0 Å². The fourth-order valence-corrected chi connectivity index (χ4v) is 3.67. The number of halogens is 1. The average Bonchev–Trinajstić information content (AvgIpc) is 2.64. The van der Waals surface area contributed by atoms with Gasteiger partial charge in [0.25, 0.3) is 0 Å². The molecule has 0 aliphatic carbocycles. The molecule has 2 aromatic carbocycles. The van der Waals surface area contributed by atoms with Gasteiger partial charge in [-0.25, -0.2) is 12.8 Å². The number of carbonyl (C=O) groups is 1. The highest BCUT2D eigenvalue weighted by molar-refractivity contribution is 7.92. The van der Waals surface area contributed by atoms with Crippen LogP contribution < -0.4 is 14.5 Å². The molecule has 2 rings (SSSR count). The largest absolute Gasteiger partial charge is 0.378 e. The number of hydrogen-bond donors (Lipinski definition) is 1. The molecule has 6 nitrogen and oxygen atoms in total. The van der Waals surface area contributed by atoms with Crippen LogP contribution in [0.4, 0.5) is 15.8 Å². The van der Waals surface area contributed by atoms with Gasteiger partial charge in [-0.1, -0.05) is 24.3 Å². The highest BCUT2D eigenvalue weighted by Crippen LogP contribution is 2.21. The van der Waals surface area contributed by atoms with Gasteiger partial charge in [-0.2, -0.15) is 0 Å². The van der Waals surface area contributed by atoms with E-state index in [0.29, 0.717) is 6.54 Å². The van der Waals surface area contributed by atoms with Crippen LogP contribution in [0.5, 0.6) is 0 Å². The van der Waals surface area contributed by atoms with Crippen LogP contribution in [-0.2, 0) is 21.4 Å². The summed E-state index contributed by atoms with van der Waals surface area (Å²) in [4.78, 5) is 14.1. The summed E-state index contributed by atoms with van der Waals surface area (Å²) in [5, 5.41) is 2.82. The van der Waals surface area contributed by atoms with Crippen molar-refractivity contribution in [2.45, 2.75) is 19.4 Å². The van der Waals surface area contributed by atoms with E-state index < -0.39 is 15.8 Å². The lowest BCUT2D eigenvalue weighted by molar-refractivity contribution is -0.121. The first-order valence-electron chi connectivity index (χ1n) is 8.93. The number of nitrogens with one attached hydrogen (secondary N) is 1. The quantitative estimate of drug-likeness (QED) is 0.694. The molecule has 2 aromatic rings. The number of carbonyl (C=O) groups excluding carboxylic acids is 1. The Morgan fingerprint density at radius 2 is 1.71 bits per heavy atom. The molecule has 0 saturated heterocycles. The molecule has 0 aliphatic rings. The highest BCUT2D eigenvalue weighted by atomic mass is 32.2. The Balaban J connectivity index is 1.86. The molecule has 0 spiro atoms. The first-order chi connectivity index (χ1) is 13.2. The lowest BCUT2D eigenvalue weighted by atomic mass is 10.2. The van der Waals surface area contributed by atoms with Gasteiger partial charge in [-0.05, 0) is 36.2 Å². The SMILES string of the molecule is CN(C)c1ccc(CNC(=O)CCCN(c2ccccc2F)S(C)(=O)=O)cc1.